The first kappa shape index (κ1) is 22.5. The fraction of sp³-hybridized carbons (Fsp3) is 0.185. The number of rotatable bonds is 5. The van der Waals surface area contributed by atoms with Crippen molar-refractivity contribution in [2.75, 3.05) is 5.73 Å². The number of fused-ring (bicyclic) bond motifs is 2. The van der Waals surface area contributed by atoms with E-state index in [1.165, 1.54) is 0 Å². The number of ether oxygens (including phenoxy) is 1. The molecule has 1 aromatic heterocycles. The predicted octanol–water partition coefficient (Wildman–Crippen LogP) is 3.43. The third-order valence-corrected chi connectivity index (χ3v) is 6.11. The maximum absolute atomic E-state index is 13.5. The normalized spacial score (nSPS) is 13.5. The van der Waals surface area contributed by atoms with Crippen LogP contribution >= 0.6 is 0 Å². The molecule has 0 bridgehead atoms. The van der Waals surface area contributed by atoms with Crippen molar-refractivity contribution in [1.82, 2.24) is 14.9 Å². The largest absolute Gasteiger partial charge is 0.460 e. The average Bonchev–Trinajstić information content (AvgIpc) is 3.30. The third-order valence-electron chi connectivity index (χ3n) is 6.11. The summed E-state index contributed by atoms with van der Waals surface area (Å²) in [5.41, 5.74) is 17.2. The summed E-state index contributed by atoms with van der Waals surface area (Å²) in [4.78, 5) is 35.9. The second kappa shape index (κ2) is 9.15. The maximum atomic E-state index is 13.5. The molecule has 0 spiro atoms. The fourth-order valence-electron chi connectivity index (χ4n) is 4.31. The Morgan fingerprint density at radius 1 is 1.00 bits per heavy atom. The molecule has 2 heterocycles. The Kier molecular flexibility index (Phi) is 5.88. The van der Waals surface area contributed by atoms with E-state index in [0.717, 1.165) is 27.8 Å². The molecule has 8 nitrogen and oxygen atoms in total. The van der Waals surface area contributed by atoms with Gasteiger partial charge in [-0.15, -0.1) is 0 Å². The molecular formula is C27H25N5O3. The molecule has 4 N–H and O–H groups in total. The highest BCUT2D eigenvalue weighted by Crippen LogP contribution is 2.31. The molecule has 1 atom stereocenters. The first-order valence-corrected chi connectivity index (χ1v) is 11.3. The zero-order chi connectivity index (χ0) is 24.5. The summed E-state index contributed by atoms with van der Waals surface area (Å²) in [5, 5.41) is 0.611. The predicted molar refractivity (Wildman–Crippen MR) is 133 cm³/mol. The number of hydrogen-bond acceptors (Lipinski definition) is 7. The monoisotopic (exact) mass is 467 g/mol. The highest BCUT2D eigenvalue weighted by atomic mass is 16.5. The van der Waals surface area contributed by atoms with Crippen LogP contribution in [0.15, 0.2) is 66.7 Å². The summed E-state index contributed by atoms with van der Waals surface area (Å²) in [6.07, 6.45) is 0. The van der Waals surface area contributed by atoms with Gasteiger partial charge in [0.05, 0.1) is 5.52 Å². The molecule has 4 aromatic rings. The summed E-state index contributed by atoms with van der Waals surface area (Å²) in [6, 6.07) is 20.5. The van der Waals surface area contributed by atoms with Gasteiger partial charge >= 0.3 is 5.97 Å². The standard InChI is InChI=1S/C27H25N5O3/c1-16(28)26(34)35-15-20-8-4-5-9-21(20)17-10-11-23-22(12-17)24(31-27(29)30-23)25(33)32-13-18-6-2-3-7-19(18)14-32/h2-12,16H,13-15,28H2,1H3,(H2,29,30,31). The summed E-state index contributed by atoms with van der Waals surface area (Å²) < 4.78 is 5.35. The molecule has 35 heavy (non-hydrogen) atoms. The highest BCUT2D eigenvalue weighted by Gasteiger charge is 2.27. The van der Waals surface area contributed by atoms with Gasteiger partial charge in [-0.25, -0.2) is 9.97 Å². The van der Waals surface area contributed by atoms with Gasteiger partial charge in [-0.1, -0.05) is 54.6 Å². The minimum Gasteiger partial charge on any atom is -0.460 e. The Morgan fingerprint density at radius 2 is 1.69 bits per heavy atom. The zero-order valence-corrected chi connectivity index (χ0v) is 19.3. The number of anilines is 1. The van der Waals surface area contributed by atoms with Gasteiger partial charge in [0.1, 0.15) is 18.3 Å². The maximum Gasteiger partial charge on any atom is 0.322 e. The van der Waals surface area contributed by atoms with Crippen molar-refractivity contribution in [1.29, 1.82) is 0 Å². The van der Waals surface area contributed by atoms with E-state index in [0.29, 0.717) is 24.0 Å². The lowest BCUT2D eigenvalue weighted by atomic mass is 9.98. The van der Waals surface area contributed by atoms with Crippen molar-refractivity contribution >= 4 is 28.7 Å². The SMILES string of the molecule is CC(N)C(=O)OCc1ccccc1-c1ccc2nc(N)nc(C(=O)N3Cc4ccccc4C3)c2c1. The van der Waals surface area contributed by atoms with Crippen LogP contribution in [0, 0.1) is 0 Å². The quantitative estimate of drug-likeness (QED) is 0.431. The van der Waals surface area contributed by atoms with Crippen molar-refractivity contribution in [3.05, 3.63) is 89.1 Å². The van der Waals surface area contributed by atoms with Gasteiger partial charge in [-0.2, -0.15) is 0 Å². The highest BCUT2D eigenvalue weighted by molar-refractivity contribution is 6.06. The Labute approximate surface area is 202 Å². The number of nitrogen functional groups attached to an aromatic ring is 1. The zero-order valence-electron chi connectivity index (χ0n) is 19.3. The van der Waals surface area contributed by atoms with Gasteiger partial charge in [0.15, 0.2) is 0 Å². The van der Waals surface area contributed by atoms with Gasteiger partial charge < -0.3 is 21.1 Å². The minimum atomic E-state index is -0.698. The molecular weight excluding hydrogens is 442 g/mol. The number of carbonyl (C=O) groups excluding carboxylic acids is 2. The lowest BCUT2D eigenvalue weighted by Crippen LogP contribution is -2.28. The Balaban J connectivity index is 1.52. The van der Waals surface area contributed by atoms with E-state index in [2.05, 4.69) is 9.97 Å². The van der Waals surface area contributed by atoms with Gasteiger partial charge in [-0.05, 0) is 46.9 Å². The van der Waals surface area contributed by atoms with Crippen molar-refractivity contribution in [2.45, 2.75) is 32.7 Å². The molecule has 8 heteroatoms. The van der Waals surface area contributed by atoms with E-state index in [1.807, 2.05) is 66.7 Å². The molecule has 0 aliphatic carbocycles. The number of esters is 1. The molecule has 5 rings (SSSR count). The van der Waals surface area contributed by atoms with Crippen LogP contribution in [0.3, 0.4) is 0 Å². The van der Waals surface area contributed by atoms with E-state index in [-0.39, 0.29) is 24.2 Å². The summed E-state index contributed by atoms with van der Waals surface area (Å²) in [6.45, 7) is 2.72. The van der Waals surface area contributed by atoms with Crippen LogP contribution in [0.4, 0.5) is 5.95 Å². The van der Waals surface area contributed by atoms with Gasteiger partial charge in [0, 0.05) is 18.5 Å². The smallest absolute Gasteiger partial charge is 0.322 e. The Hall–Kier alpha value is -4.30. The van der Waals surface area contributed by atoms with E-state index >= 15 is 0 Å². The van der Waals surface area contributed by atoms with Crippen LogP contribution in [0.2, 0.25) is 0 Å². The van der Waals surface area contributed by atoms with Crippen LogP contribution in [-0.4, -0.2) is 32.8 Å². The molecule has 0 fully saturated rings. The average molecular weight is 468 g/mol. The number of benzene rings is 3. The lowest BCUT2D eigenvalue weighted by Gasteiger charge is -2.17. The molecule has 1 aliphatic heterocycles. The number of carbonyl (C=O) groups is 2. The van der Waals surface area contributed by atoms with Crippen molar-refractivity contribution in [3.63, 3.8) is 0 Å². The second-order valence-corrected chi connectivity index (χ2v) is 8.65. The fourth-order valence-corrected chi connectivity index (χ4v) is 4.31. The molecule has 0 saturated heterocycles. The van der Waals surface area contributed by atoms with Crippen LogP contribution in [-0.2, 0) is 29.2 Å². The van der Waals surface area contributed by atoms with Gasteiger partial charge in [0.25, 0.3) is 5.91 Å². The van der Waals surface area contributed by atoms with E-state index < -0.39 is 12.0 Å². The summed E-state index contributed by atoms with van der Waals surface area (Å²) in [5.74, 6) is -0.619. The molecule has 1 unspecified atom stereocenters. The van der Waals surface area contributed by atoms with Crippen LogP contribution in [0.25, 0.3) is 22.0 Å². The summed E-state index contributed by atoms with van der Waals surface area (Å²) in [7, 11) is 0. The van der Waals surface area contributed by atoms with E-state index in [1.54, 1.807) is 11.8 Å². The van der Waals surface area contributed by atoms with Gasteiger partial charge in [-0.3, -0.25) is 9.59 Å². The third kappa shape index (κ3) is 4.43. The molecule has 0 saturated carbocycles. The van der Waals surface area contributed by atoms with Gasteiger partial charge in [0.2, 0.25) is 5.95 Å². The molecule has 3 aromatic carbocycles. The first-order chi connectivity index (χ1) is 16.9. The molecule has 0 radical (unpaired) electrons. The van der Waals surface area contributed by atoms with E-state index in [4.69, 9.17) is 16.2 Å². The molecule has 176 valence electrons. The first-order valence-electron chi connectivity index (χ1n) is 11.3. The number of amides is 1. The molecule has 1 aliphatic rings. The molecule has 1 amide bonds. The second-order valence-electron chi connectivity index (χ2n) is 8.65. The van der Waals surface area contributed by atoms with E-state index in [9.17, 15) is 9.59 Å². The minimum absolute atomic E-state index is 0.0496. The van der Waals surface area contributed by atoms with Crippen LogP contribution < -0.4 is 11.5 Å². The van der Waals surface area contributed by atoms with Crippen LogP contribution in [0.1, 0.15) is 34.1 Å². The number of hydrogen-bond donors (Lipinski definition) is 2. The van der Waals surface area contributed by atoms with Crippen molar-refractivity contribution in [3.8, 4) is 11.1 Å². The van der Waals surface area contributed by atoms with Crippen LogP contribution in [0.5, 0.6) is 0 Å². The van der Waals surface area contributed by atoms with Crippen molar-refractivity contribution < 1.29 is 14.3 Å². The number of aromatic nitrogens is 2. The summed E-state index contributed by atoms with van der Waals surface area (Å²) >= 11 is 0. The van der Waals surface area contributed by atoms with Crippen molar-refractivity contribution in [2.24, 2.45) is 5.73 Å². The number of nitrogens with zero attached hydrogens (tertiary/aromatic N) is 3. The Morgan fingerprint density at radius 3 is 2.40 bits per heavy atom. The number of nitrogens with two attached hydrogens (primary N) is 2. The topological polar surface area (TPSA) is 124 Å². The lowest BCUT2D eigenvalue weighted by molar-refractivity contribution is -0.146. The Bertz CT molecular complexity index is 1430.